The van der Waals surface area contributed by atoms with Gasteiger partial charge < -0.3 is 17.7 Å². The van der Waals surface area contributed by atoms with E-state index in [9.17, 15) is 0 Å². The van der Waals surface area contributed by atoms with Crippen LogP contribution in [0.15, 0.2) is 0 Å². The molecule has 1 aliphatic carbocycles. The van der Waals surface area contributed by atoms with Gasteiger partial charge in [-0.05, 0) is 26.7 Å². The maximum Gasteiger partial charge on any atom is 0.0927 e. The van der Waals surface area contributed by atoms with Gasteiger partial charge in [0.2, 0.25) is 0 Å². The highest BCUT2D eigenvalue weighted by molar-refractivity contribution is 4.73. The molecule has 0 amide bonds. The third kappa shape index (κ3) is 3.77. The van der Waals surface area contributed by atoms with E-state index in [1.54, 1.807) is 0 Å². The molecule has 2 N–H and O–H groups in total. The molecule has 2 heteroatoms. The number of hydrogen-bond donors (Lipinski definition) is 1. The molecular weight excluding hydrogens is 170 g/mol. The summed E-state index contributed by atoms with van der Waals surface area (Å²) in [5, 5.41) is 2.52. The molecule has 0 saturated heterocycles. The molecule has 1 aliphatic rings. The minimum atomic E-state index is 0. The molecular formula is C10H22ClN. The predicted molar refractivity (Wildman–Crippen MR) is 48.4 cm³/mol. The predicted octanol–water partition coefficient (Wildman–Crippen LogP) is -1.60. The van der Waals surface area contributed by atoms with Crippen molar-refractivity contribution in [2.75, 3.05) is 6.54 Å². The lowest BCUT2D eigenvalue weighted by Gasteiger charge is -2.26. The van der Waals surface area contributed by atoms with E-state index in [1.165, 1.54) is 19.4 Å². The molecule has 74 valence electrons. The molecule has 1 rings (SSSR count). The highest BCUT2D eigenvalue weighted by atomic mass is 35.5. The van der Waals surface area contributed by atoms with Crippen LogP contribution in [0.5, 0.6) is 0 Å². The van der Waals surface area contributed by atoms with E-state index in [2.05, 4.69) is 33.0 Å². The van der Waals surface area contributed by atoms with E-state index >= 15 is 0 Å². The van der Waals surface area contributed by atoms with Crippen molar-refractivity contribution in [3.8, 4) is 0 Å². The highest BCUT2D eigenvalue weighted by Gasteiger charge is 2.30. The van der Waals surface area contributed by atoms with Crippen molar-refractivity contribution < 1.29 is 17.7 Å². The zero-order chi connectivity index (χ0) is 8.48. The van der Waals surface area contributed by atoms with Crippen LogP contribution in [0.25, 0.3) is 0 Å². The van der Waals surface area contributed by atoms with Crippen molar-refractivity contribution in [2.45, 2.75) is 46.1 Å². The van der Waals surface area contributed by atoms with E-state index in [-0.39, 0.29) is 12.4 Å². The van der Waals surface area contributed by atoms with Gasteiger partial charge in [0.25, 0.3) is 0 Å². The fourth-order valence-corrected chi connectivity index (χ4v) is 1.06. The third-order valence-corrected chi connectivity index (χ3v) is 3.16. The van der Waals surface area contributed by atoms with E-state index < -0.39 is 0 Å². The third-order valence-electron chi connectivity index (χ3n) is 3.16. The van der Waals surface area contributed by atoms with Gasteiger partial charge in [-0.2, -0.15) is 0 Å². The molecule has 1 fully saturated rings. The average molecular weight is 192 g/mol. The summed E-state index contributed by atoms with van der Waals surface area (Å²) in [7, 11) is 0. The topological polar surface area (TPSA) is 16.6 Å². The molecule has 0 atom stereocenters. The van der Waals surface area contributed by atoms with Gasteiger partial charge in [-0.3, -0.25) is 0 Å². The van der Waals surface area contributed by atoms with Crippen LogP contribution in [-0.2, 0) is 0 Å². The highest BCUT2D eigenvalue weighted by Crippen LogP contribution is 2.26. The van der Waals surface area contributed by atoms with Crippen LogP contribution in [-0.4, -0.2) is 12.1 Å². The monoisotopic (exact) mass is 191 g/mol. The van der Waals surface area contributed by atoms with Gasteiger partial charge in [0.15, 0.2) is 0 Å². The number of rotatable bonds is 4. The van der Waals surface area contributed by atoms with Crippen LogP contribution in [0.2, 0.25) is 0 Å². The van der Waals surface area contributed by atoms with Gasteiger partial charge in [-0.15, -0.1) is 0 Å². The van der Waals surface area contributed by atoms with Crippen molar-refractivity contribution in [2.24, 2.45) is 11.8 Å². The van der Waals surface area contributed by atoms with Crippen LogP contribution in [0.3, 0.4) is 0 Å². The van der Waals surface area contributed by atoms with Crippen LogP contribution in [0, 0.1) is 11.8 Å². The molecule has 0 aromatic carbocycles. The van der Waals surface area contributed by atoms with Crippen molar-refractivity contribution >= 4 is 0 Å². The molecule has 0 bridgehead atoms. The SMILES string of the molecule is CC(C)C(C)(C)[NH2+]CC1CC1.[Cl-]. The molecule has 0 aromatic rings. The summed E-state index contributed by atoms with van der Waals surface area (Å²) >= 11 is 0. The smallest absolute Gasteiger partial charge is 0.0927 e. The molecule has 0 aliphatic heterocycles. The quantitative estimate of drug-likeness (QED) is 0.552. The van der Waals surface area contributed by atoms with Crippen LogP contribution < -0.4 is 17.7 Å². The summed E-state index contributed by atoms with van der Waals surface area (Å²) in [6.07, 6.45) is 2.95. The van der Waals surface area contributed by atoms with Gasteiger partial charge >= 0.3 is 0 Å². The van der Waals surface area contributed by atoms with Crippen molar-refractivity contribution in [1.82, 2.24) is 0 Å². The minimum Gasteiger partial charge on any atom is -1.00 e. The van der Waals surface area contributed by atoms with E-state index in [4.69, 9.17) is 0 Å². The summed E-state index contributed by atoms with van der Waals surface area (Å²) in [5.74, 6) is 1.83. The fourth-order valence-electron chi connectivity index (χ4n) is 1.06. The fraction of sp³-hybridized carbons (Fsp3) is 1.00. The zero-order valence-electron chi connectivity index (χ0n) is 8.73. The Balaban J connectivity index is 0.00000121. The second-order valence-corrected chi connectivity index (χ2v) is 4.86. The Morgan fingerprint density at radius 3 is 2.17 bits per heavy atom. The lowest BCUT2D eigenvalue weighted by Crippen LogP contribution is -3.00. The molecule has 0 unspecified atom stereocenters. The van der Waals surface area contributed by atoms with Crippen molar-refractivity contribution in [3.05, 3.63) is 0 Å². The molecule has 0 heterocycles. The first kappa shape index (κ1) is 12.2. The Labute approximate surface area is 82.7 Å². The van der Waals surface area contributed by atoms with Crippen LogP contribution >= 0.6 is 0 Å². The standard InChI is InChI=1S/C10H21N.ClH/c1-8(2)10(3,4)11-7-9-5-6-9;/h8-9,11H,5-7H2,1-4H3;1H. The van der Waals surface area contributed by atoms with E-state index in [0.29, 0.717) is 5.54 Å². The van der Waals surface area contributed by atoms with E-state index in [0.717, 1.165) is 11.8 Å². The molecule has 0 radical (unpaired) electrons. The molecule has 1 saturated carbocycles. The first-order valence-corrected chi connectivity index (χ1v) is 4.87. The summed E-state index contributed by atoms with van der Waals surface area (Å²) in [6.45, 7) is 10.7. The van der Waals surface area contributed by atoms with Crippen LogP contribution in [0.1, 0.15) is 40.5 Å². The Hall–Kier alpha value is 0.250. The first-order valence-electron chi connectivity index (χ1n) is 4.87. The van der Waals surface area contributed by atoms with Gasteiger partial charge in [0.05, 0.1) is 12.1 Å². The summed E-state index contributed by atoms with van der Waals surface area (Å²) in [4.78, 5) is 0. The van der Waals surface area contributed by atoms with Gasteiger partial charge in [0.1, 0.15) is 0 Å². The maximum absolute atomic E-state index is 2.52. The Morgan fingerprint density at radius 2 is 1.83 bits per heavy atom. The Morgan fingerprint density at radius 1 is 1.33 bits per heavy atom. The maximum atomic E-state index is 2.52. The Kier molecular flexibility index (Phi) is 4.57. The molecule has 12 heavy (non-hydrogen) atoms. The second-order valence-electron chi connectivity index (χ2n) is 4.86. The first-order chi connectivity index (χ1) is 5.02. The molecule has 0 aromatic heterocycles. The lowest BCUT2D eigenvalue weighted by molar-refractivity contribution is -0.729. The van der Waals surface area contributed by atoms with Gasteiger partial charge in [0, 0.05) is 11.8 Å². The summed E-state index contributed by atoms with van der Waals surface area (Å²) in [5.41, 5.74) is 0.447. The van der Waals surface area contributed by atoms with Gasteiger partial charge in [-0.25, -0.2) is 0 Å². The summed E-state index contributed by atoms with van der Waals surface area (Å²) < 4.78 is 0. The second kappa shape index (κ2) is 4.48. The van der Waals surface area contributed by atoms with Crippen molar-refractivity contribution in [1.29, 1.82) is 0 Å². The lowest BCUT2D eigenvalue weighted by atomic mass is 9.91. The molecule has 1 nitrogen and oxygen atoms in total. The van der Waals surface area contributed by atoms with Crippen LogP contribution in [0.4, 0.5) is 0 Å². The number of nitrogens with two attached hydrogens (primary N) is 1. The van der Waals surface area contributed by atoms with Crippen molar-refractivity contribution in [3.63, 3.8) is 0 Å². The number of hydrogen-bond acceptors (Lipinski definition) is 0. The summed E-state index contributed by atoms with van der Waals surface area (Å²) in [6, 6.07) is 0. The zero-order valence-corrected chi connectivity index (χ0v) is 9.49. The number of halogens is 1. The number of quaternary nitrogens is 1. The average Bonchev–Trinajstić information content (AvgIpc) is 2.65. The molecule has 0 spiro atoms. The Bertz CT molecular complexity index is 128. The normalized spacial score (nSPS) is 17.8. The largest absolute Gasteiger partial charge is 1.00 e. The van der Waals surface area contributed by atoms with Gasteiger partial charge in [-0.1, -0.05) is 13.8 Å². The minimum absolute atomic E-state index is 0. The van der Waals surface area contributed by atoms with E-state index in [1.807, 2.05) is 0 Å².